The molecule has 0 bridgehead atoms. The van der Waals surface area contributed by atoms with E-state index < -0.39 is 5.97 Å². The maximum absolute atomic E-state index is 12.4. The number of aliphatic imine (C=N–C) groups is 1. The van der Waals surface area contributed by atoms with Gasteiger partial charge >= 0.3 is 5.97 Å². The Labute approximate surface area is 115 Å². The fraction of sp³-hybridized carbons (Fsp3) is 0.308. The van der Waals surface area contributed by atoms with Crippen molar-refractivity contribution in [2.24, 2.45) is 4.99 Å². The van der Waals surface area contributed by atoms with Crippen LogP contribution in [-0.2, 0) is 16.1 Å². The van der Waals surface area contributed by atoms with Crippen LogP contribution in [-0.4, -0.2) is 33.4 Å². The highest BCUT2D eigenvalue weighted by atomic mass is 16.5. The molecule has 0 saturated carbocycles. The lowest BCUT2D eigenvalue weighted by molar-refractivity contribution is -0.133. The van der Waals surface area contributed by atoms with Crippen LogP contribution in [0.3, 0.4) is 0 Å². The quantitative estimate of drug-likeness (QED) is 0.457. The average molecular weight is 274 g/mol. The van der Waals surface area contributed by atoms with Crippen molar-refractivity contribution in [3.63, 3.8) is 0 Å². The standard InChI is InChI=1S/C13H14N4O3/c1-8-4-5-15-12-11(8)13(19)17(7-16-12)6-10(14-3)20-9(2)18/h4-5,7H,6H2,1-3H3. The first-order chi connectivity index (χ1) is 9.52. The number of hydrogen-bond acceptors (Lipinski definition) is 6. The minimum Gasteiger partial charge on any atom is -0.410 e. The first-order valence-electron chi connectivity index (χ1n) is 5.97. The van der Waals surface area contributed by atoms with Gasteiger partial charge in [-0.3, -0.25) is 19.1 Å². The molecule has 7 nitrogen and oxygen atoms in total. The van der Waals surface area contributed by atoms with Crippen LogP contribution < -0.4 is 5.56 Å². The molecule has 0 aliphatic carbocycles. The van der Waals surface area contributed by atoms with E-state index in [4.69, 9.17) is 4.74 Å². The van der Waals surface area contributed by atoms with Crippen molar-refractivity contribution >= 4 is 22.9 Å². The van der Waals surface area contributed by atoms with Gasteiger partial charge in [-0.25, -0.2) is 9.97 Å². The molecule has 0 aromatic carbocycles. The highest BCUT2D eigenvalue weighted by molar-refractivity contribution is 5.87. The molecular weight excluding hydrogens is 260 g/mol. The zero-order chi connectivity index (χ0) is 14.7. The lowest BCUT2D eigenvalue weighted by Gasteiger charge is -2.08. The average Bonchev–Trinajstić information content (AvgIpc) is 2.40. The van der Waals surface area contributed by atoms with E-state index in [2.05, 4.69) is 15.0 Å². The van der Waals surface area contributed by atoms with Gasteiger partial charge in [-0.05, 0) is 18.6 Å². The topological polar surface area (TPSA) is 86.4 Å². The minimum atomic E-state index is -0.481. The number of aromatic nitrogens is 3. The summed E-state index contributed by atoms with van der Waals surface area (Å²) in [5.74, 6) is -0.326. The summed E-state index contributed by atoms with van der Waals surface area (Å²) in [6.07, 6.45) is 2.97. The number of hydrogen-bond donors (Lipinski definition) is 0. The van der Waals surface area contributed by atoms with Crippen molar-refractivity contribution in [1.82, 2.24) is 14.5 Å². The van der Waals surface area contributed by atoms with E-state index in [9.17, 15) is 9.59 Å². The Bertz CT molecular complexity index is 749. The molecule has 0 amide bonds. The van der Waals surface area contributed by atoms with Crippen LogP contribution in [0, 0.1) is 6.92 Å². The summed E-state index contributed by atoms with van der Waals surface area (Å²) in [6.45, 7) is 3.14. The summed E-state index contributed by atoms with van der Waals surface area (Å²) in [5, 5.41) is 0.452. The van der Waals surface area contributed by atoms with Crippen LogP contribution >= 0.6 is 0 Å². The predicted octanol–water partition coefficient (Wildman–Crippen LogP) is 0.691. The molecule has 7 heteroatoms. The van der Waals surface area contributed by atoms with Crippen molar-refractivity contribution in [2.45, 2.75) is 20.4 Å². The Kier molecular flexibility index (Phi) is 3.88. The van der Waals surface area contributed by atoms with E-state index in [1.165, 1.54) is 24.9 Å². The second kappa shape index (κ2) is 5.60. The van der Waals surface area contributed by atoms with Gasteiger partial charge < -0.3 is 4.74 Å². The third-order valence-corrected chi connectivity index (χ3v) is 2.75. The molecule has 2 aromatic rings. The maximum atomic E-state index is 12.4. The summed E-state index contributed by atoms with van der Waals surface area (Å²) < 4.78 is 6.24. The van der Waals surface area contributed by atoms with E-state index >= 15 is 0 Å². The SMILES string of the molecule is CN=C(Cn1cnc2nccc(C)c2c1=O)OC(C)=O. The molecule has 0 N–H and O–H groups in total. The molecule has 0 aliphatic rings. The van der Waals surface area contributed by atoms with Gasteiger partial charge in [-0.1, -0.05) is 0 Å². The number of nitrogens with zero attached hydrogens (tertiary/aromatic N) is 4. The molecule has 20 heavy (non-hydrogen) atoms. The second-order valence-corrected chi connectivity index (χ2v) is 4.22. The van der Waals surface area contributed by atoms with Gasteiger partial charge in [0.1, 0.15) is 12.9 Å². The van der Waals surface area contributed by atoms with Crippen LogP contribution in [0.5, 0.6) is 0 Å². The van der Waals surface area contributed by atoms with Crippen molar-refractivity contribution in [3.05, 3.63) is 34.5 Å². The molecule has 0 aliphatic heterocycles. The Morgan fingerprint density at radius 1 is 1.45 bits per heavy atom. The number of esters is 1. The third-order valence-electron chi connectivity index (χ3n) is 2.75. The van der Waals surface area contributed by atoms with Gasteiger partial charge in [-0.15, -0.1) is 0 Å². The summed E-state index contributed by atoms with van der Waals surface area (Å²) in [4.78, 5) is 35.3. The molecule has 0 spiro atoms. The van der Waals surface area contributed by atoms with Gasteiger partial charge in [0.05, 0.1) is 5.39 Å². The van der Waals surface area contributed by atoms with Crippen molar-refractivity contribution in [2.75, 3.05) is 7.05 Å². The van der Waals surface area contributed by atoms with E-state index in [0.29, 0.717) is 11.0 Å². The lowest BCUT2D eigenvalue weighted by Crippen LogP contribution is -2.27. The van der Waals surface area contributed by atoms with Gasteiger partial charge in [0, 0.05) is 20.2 Å². The number of ether oxygens (including phenoxy) is 1. The molecule has 0 atom stereocenters. The number of pyridine rings is 1. The third kappa shape index (κ3) is 2.71. The predicted molar refractivity (Wildman–Crippen MR) is 73.7 cm³/mol. The van der Waals surface area contributed by atoms with E-state index in [1.54, 1.807) is 12.3 Å². The van der Waals surface area contributed by atoms with Gasteiger partial charge in [0.2, 0.25) is 5.90 Å². The smallest absolute Gasteiger partial charge is 0.309 e. The van der Waals surface area contributed by atoms with Crippen LogP contribution in [0.25, 0.3) is 11.0 Å². The Balaban J connectivity index is 2.46. The number of aryl methyl sites for hydroxylation is 1. The molecule has 2 heterocycles. The summed E-state index contributed by atoms with van der Waals surface area (Å²) in [5.41, 5.74) is 0.951. The summed E-state index contributed by atoms with van der Waals surface area (Å²) >= 11 is 0. The molecular formula is C13H14N4O3. The lowest BCUT2D eigenvalue weighted by atomic mass is 10.2. The highest BCUT2D eigenvalue weighted by Gasteiger charge is 2.11. The van der Waals surface area contributed by atoms with Crippen molar-refractivity contribution in [1.29, 1.82) is 0 Å². The maximum Gasteiger partial charge on any atom is 0.309 e. The zero-order valence-corrected chi connectivity index (χ0v) is 11.5. The van der Waals surface area contributed by atoms with Gasteiger partial charge in [0.15, 0.2) is 5.65 Å². The first-order valence-corrected chi connectivity index (χ1v) is 5.97. The summed E-state index contributed by atoms with van der Waals surface area (Å²) in [6, 6.07) is 1.75. The van der Waals surface area contributed by atoms with Gasteiger partial charge in [0.25, 0.3) is 5.56 Å². The largest absolute Gasteiger partial charge is 0.410 e. The van der Waals surface area contributed by atoms with Crippen LogP contribution in [0.1, 0.15) is 12.5 Å². The number of rotatable bonds is 2. The fourth-order valence-corrected chi connectivity index (χ4v) is 1.80. The monoisotopic (exact) mass is 274 g/mol. The fourth-order valence-electron chi connectivity index (χ4n) is 1.80. The highest BCUT2D eigenvalue weighted by Crippen LogP contribution is 2.08. The van der Waals surface area contributed by atoms with Crippen LogP contribution in [0.2, 0.25) is 0 Å². The number of fused-ring (bicyclic) bond motifs is 1. The van der Waals surface area contributed by atoms with Crippen LogP contribution in [0.4, 0.5) is 0 Å². The minimum absolute atomic E-state index is 0.0478. The van der Waals surface area contributed by atoms with E-state index in [0.717, 1.165) is 5.56 Å². The molecule has 0 unspecified atom stereocenters. The molecule has 2 rings (SSSR count). The second-order valence-electron chi connectivity index (χ2n) is 4.22. The zero-order valence-electron chi connectivity index (χ0n) is 11.5. The van der Waals surface area contributed by atoms with Crippen molar-refractivity contribution in [3.8, 4) is 0 Å². The number of carbonyl (C=O) groups excluding carboxylic acids is 1. The van der Waals surface area contributed by atoms with Crippen molar-refractivity contribution < 1.29 is 9.53 Å². The molecule has 2 aromatic heterocycles. The Morgan fingerprint density at radius 2 is 2.20 bits per heavy atom. The van der Waals surface area contributed by atoms with Gasteiger partial charge in [-0.2, -0.15) is 0 Å². The number of carbonyl (C=O) groups is 1. The summed E-state index contributed by atoms with van der Waals surface area (Å²) in [7, 11) is 1.49. The molecule has 0 radical (unpaired) electrons. The first kappa shape index (κ1) is 13.9. The van der Waals surface area contributed by atoms with E-state index in [-0.39, 0.29) is 18.0 Å². The van der Waals surface area contributed by atoms with Crippen LogP contribution in [0.15, 0.2) is 28.4 Å². The van der Waals surface area contributed by atoms with E-state index in [1.807, 2.05) is 6.92 Å². The Hall–Kier alpha value is -2.57. The normalized spacial score (nSPS) is 11.7. The Morgan fingerprint density at radius 3 is 2.85 bits per heavy atom. The molecule has 104 valence electrons. The molecule has 0 fully saturated rings. The molecule has 0 saturated heterocycles.